The first-order chi connectivity index (χ1) is 26.9. The van der Waals surface area contributed by atoms with Crippen molar-refractivity contribution in [1.29, 1.82) is 0 Å². The average molecular weight is 829 g/mol. The SMILES string of the molecule is CC(=O)OC1C(OC2CCC34OC35CCC3(C)C(C6(C)CCC(C(C)(C)O)O6)C(O)CC3(C)C5CC(OC3OC(CO)C(O)C(O)C3O)C4C2(C)C)OCC(O)C1O. The molecule has 8 rings (SSSR count). The van der Waals surface area contributed by atoms with Crippen LogP contribution in [0.25, 0.3) is 0 Å². The van der Waals surface area contributed by atoms with Crippen molar-refractivity contribution in [2.45, 2.75) is 209 Å². The van der Waals surface area contributed by atoms with Gasteiger partial charge in [-0.3, -0.25) is 4.79 Å². The molecule has 4 aliphatic heterocycles. The van der Waals surface area contributed by atoms with E-state index < -0.39 is 131 Å². The highest BCUT2D eigenvalue weighted by Gasteiger charge is 2.87. The van der Waals surface area contributed by atoms with E-state index in [4.69, 9.17) is 33.2 Å². The molecule has 4 heterocycles. The molecule has 0 aromatic rings. The topological polar surface area (TPSA) is 247 Å². The number of carbonyl (C=O) groups is 1. The van der Waals surface area contributed by atoms with Gasteiger partial charge in [-0.1, -0.05) is 27.7 Å². The van der Waals surface area contributed by atoms with Gasteiger partial charge in [-0.05, 0) is 94.3 Å². The fourth-order valence-corrected chi connectivity index (χ4v) is 14.2. The molecule has 4 saturated heterocycles. The minimum Gasteiger partial charge on any atom is -0.454 e. The van der Waals surface area contributed by atoms with Crippen molar-refractivity contribution in [2.24, 2.45) is 34.0 Å². The third-order valence-corrected chi connectivity index (χ3v) is 17.1. The number of carbonyl (C=O) groups excluding carboxylic acids is 1. The maximum atomic E-state index is 12.2. The number of ether oxygens (including phenoxy) is 7. The molecule has 0 aromatic heterocycles. The van der Waals surface area contributed by atoms with Gasteiger partial charge in [-0.2, -0.15) is 0 Å². The summed E-state index contributed by atoms with van der Waals surface area (Å²) in [6.07, 6.45) is -10.1. The van der Waals surface area contributed by atoms with Crippen LogP contribution in [0.15, 0.2) is 0 Å². The van der Waals surface area contributed by atoms with E-state index in [-0.39, 0.29) is 24.5 Å². The van der Waals surface area contributed by atoms with Crippen molar-refractivity contribution in [3.63, 3.8) is 0 Å². The van der Waals surface area contributed by atoms with Crippen molar-refractivity contribution in [3.8, 4) is 0 Å². The quantitative estimate of drug-likeness (QED) is 0.0939. The number of aliphatic hydroxyl groups is 8. The summed E-state index contributed by atoms with van der Waals surface area (Å²) in [4.78, 5) is 12.1. The molecule has 58 heavy (non-hydrogen) atoms. The van der Waals surface area contributed by atoms with Crippen LogP contribution in [0.3, 0.4) is 0 Å². The van der Waals surface area contributed by atoms with Gasteiger partial charge in [0.25, 0.3) is 0 Å². The van der Waals surface area contributed by atoms with Gasteiger partial charge in [0.15, 0.2) is 18.7 Å². The molecule has 2 spiro atoms. The Morgan fingerprint density at radius 3 is 2.14 bits per heavy atom. The van der Waals surface area contributed by atoms with E-state index in [2.05, 4.69) is 20.8 Å². The van der Waals surface area contributed by atoms with Crippen molar-refractivity contribution in [1.82, 2.24) is 0 Å². The predicted octanol–water partition coefficient (Wildman–Crippen LogP) is 0.426. The van der Waals surface area contributed by atoms with Gasteiger partial charge in [0.1, 0.15) is 47.8 Å². The molecule has 8 N–H and O–H groups in total. The summed E-state index contributed by atoms with van der Waals surface area (Å²) in [5.41, 5.74) is -4.71. The molecule has 8 aliphatic rings. The van der Waals surface area contributed by atoms with Gasteiger partial charge in [-0.15, -0.1) is 0 Å². The molecule has 0 radical (unpaired) electrons. The summed E-state index contributed by atoms with van der Waals surface area (Å²) in [7, 11) is 0. The maximum absolute atomic E-state index is 12.2. The lowest BCUT2D eigenvalue weighted by Crippen LogP contribution is -2.68. The summed E-state index contributed by atoms with van der Waals surface area (Å²) in [6, 6.07) is 0. The highest BCUT2D eigenvalue weighted by Crippen LogP contribution is 2.82. The number of hydrogen-bond acceptors (Lipinski definition) is 16. The summed E-state index contributed by atoms with van der Waals surface area (Å²) in [5.74, 6) is -1.45. The first-order valence-electron chi connectivity index (χ1n) is 21.5. The minimum absolute atomic E-state index is 0.139. The molecule has 16 nitrogen and oxygen atoms in total. The van der Waals surface area contributed by atoms with Crippen LogP contribution in [0.5, 0.6) is 0 Å². The summed E-state index contributed by atoms with van der Waals surface area (Å²) in [6.45, 7) is 14.6. The van der Waals surface area contributed by atoms with Crippen LogP contribution in [0.2, 0.25) is 0 Å². The summed E-state index contributed by atoms with van der Waals surface area (Å²) < 4.78 is 44.8. The van der Waals surface area contributed by atoms with Crippen LogP contribution in [-0.4, -0.2) is 162 Å². The Hall–Kier alpha value is -1.09. The first kappa shape index (κ1) is 43.6. The third-order valence-electron chi connectivity index (χ3n) is 17.1. The normalized spacial score (nSPS) is 56.1. The number of aliphatic hydroxyl groups excluding tert-OH is 7. The van der Waals surface area contributed by atoms with Gasteiger partial charge >= 0.3 is 5.97 Å². The monoisotopic (exact) mass is 828 g/mol. The number of epoxide rings is 1. The Kier molecular flexibility index (Phi) is 10.7. The molecule has 0 aromatic carbocycles. The third kappa shape index (κ3) is 6.16. The van der Waals surface area contributed by atoms with Gasteiger partial charge in [0.05, 0.1) is 48.8 Å². The zero-order chi connectivity index (χ0) is 42.3. The van der Waals surface area contributed by atoms with Gasteiger partial charge in [0.2, 0.25) is 0 Å². The van der Waals surface area contributed by atoms with E-state index in [9.17, 15) is 45.6 Å². The standard InChI is InChI=1S/C42H68O16/c1-19(44)53-31-27(47)21(46)18-52-35(31)56-25-10-12-42-33(36(25,2)3)22(54-34-30(50)29(49)28(48)23(17-43)55-34)15-24-39(7)16-20(45)32(38(39,6)13-14-41(24,42)58-42)40(8)11-9-26(57-40)37(4,5)51/h20-35,43,45-51H,9-18H2,1-8H3. The fraction of sp³-hybridized carbons (Fsp3) is 0.976. The number of hydrogen-bond donors (Lipinski definition) is 8. The van der Waals surface area contributed by atoms with E-state index >= 15 is 0 Å². The maximum Gasteiger partial charge on any atom is 0.303 e. The summed E-state index contributed by atoms with van der Waals surface area (Å²) >= 11 is 0. The molecule has 0 amide bonds. The van der Waals surface area contributed by atoms with Crippen molar-refractivity contribution < 1.29 is 78.8 Å². The molecular weight excluding hydrogens is 760 g/mol. The minimum atomic E-state index is -1.65. The molecule has 4 saturated carbocycles. The zero-order valence-electron chi connectivity index (χ0n) is 35.2. The molecule has 0 bridgehead atoms. The molecule has 16 heteroatoms. The second kappa shape index (κ2) is 14.2. The Bertz CT molecular complexity index is 1570. The smallest absolute Gasteiger partial charge is 0.303 e. The molecular formula is C42H68O16. The molecule has 21 atom stereocenters. The number of rotatable bonds is 8. The van der Waals surface area contributed by atoms with Gasteiger partial charge in [-0.25, -0.2) is 0 Å². The van der Waals surface area contributed by atoms with Crippen molar-refractivity contribution >= 4 is 5.97 Å². The van der Waals surface area contributed by atoms with Crippen molar-refractivity contribution in [2.75, 3.05) is 13.2 Å². The molecule has 21 unspecified atom stereocenters. The Morgan fingerprint density at radius 2 is 1.50 bits per heavy atom. The average Bonchev–Trinajstić information content (AvgIpc) is 3.50. The van der Waals surface area contributed by atoms with Gasteiger partial charge < -0.3 is 74.0 Å². The highest BCUT2D eigenvalue weighted by atomic mass is 16.7. The molecule has 332 valence electrons. The van der Waals surface area contributed by atoms with Crippen LogP contribution in [0.1, 0.15) is 107 Å². The predicted molar refractivity (Wildman–Crippen MR) is 200 cm³/mol. The molecule has 8 fully saturated rings. The molecule has 4 aliphatic carbocycles. The first-order valence-corrected chi connectivity index (χ1v) is 21.5. The highest BCUT2D eigenvalue weighted by molar-refractivity contribution is 5.66. The summed E-state index contributed by atoms with van der Waals surface area (Å²) in [5, 5.41) is 87.1. The lowest BCUT2D eigenvalue weighted by atomic mass is 9.41. The van der Waals surface area contributed by atoms with E-state index in [0.717, 1.165) is 6.42 Å². The second-order valence-electron chi connectivity index (χ2n) is 21.0. The van der Waals surface area contributed by atoms with Crippen LogP contribution < -0.4 is 0 Å². The van der Waals surface area contributed by atoms with Crippen LogP contribution >= 0.6 is 0 Å². The van der Waals surface area contributed by atoms with Crippen molar-refractivity contribution in [3.05, 3.63) is 0 Å². The Labute approximate surface area is 340 Å². The Morgan fingerprint density at radius 1 is 0.793 bits per heavy atom. The zero-order valence-corrected chi connectivity index (χ0v) is 35.2. The van der Waals surface area contributed by atoms with Crippen LogP contribution in [0, 0.1) is 34.0 Å². The second-order valence-corrected chi connectivity index (χ2v) is 21.0. The van der Waals surface area contributed by atoms with E-state index in [0.29, 0.717) is 44.9 Å². The lowest BCUT2D eigenvalue weighted by molar-refractivity contribution is -0.333. The fourth-order valence-electron chi connectivity index (χ4n) is 14.2. The van der Waals surface area contributed by atoms with E-state index in [1.807, 2.05) is 13.8 Å². The van der Waals surface area contributed by atoms with Crippen LogP contribution in [0.4, 0.5) is 0 Å². The van der Waals surface area contributed by atoms with E-state index in [1.165, 1.54) is 6.92 Å². The number of fused-ring (bicyclic) bond motifs is 2. The van der Waals surface area contributed by atoms with Gasteiger partial charge in [0, 0.05) is 18.8 Å². The largest absolute Gasteiger partial charge is 0.454 e. The lowest BCUT2D eigenvalue weighted by Gasteiger charge is -2.63. The van der Waals surface area contributed by atoms with E-state index in [1.54, 1.807) is 13.8 Å². The van der Waals surface area contributed by atoms with Crippen LogP contribution in [-0.2, 0) is 38.0 Å². The number of esters is 1. The Balaban J connectivity index is 1.15.